The molecule has 0 radical (unpaired) electrons. The van der Waals surface area contributed by atoms with E-state index in [1.165, 1.54) is 23.7 Å². The van der Waals surface area contributed by atoms with Crippen molar-refractivity contribution in [1.82, 2.24) is 15.0 Å². The Hall–Kier alpha value is -2.64. The van der Waals surface area contributed by atoms with E-state index in [9.17, 15) is 4.79 Å². The molecule has 7 heteroatoms. The maximum Gasteiger partial charge on any atom is 0.195 e. The van der Waals surface area contributed by atoms with Gasteiger partial charge in [0.1, 0.15) is 17.0 Å². The smallest absolute Gasteiger partial charge is 0.195 e. The monoisotopic (exact) mass is 408 g/mol. The van der Waals surface area contributed by atoms with Gasteiger partial charge in [0.05, 0.1) is 28.3 Å². The number of rotatable bonds is 7. The van der Waals surface area contributed by atoms with Crippen LogP contribution in [0, 0.1) is 5.92 Å². The second kappa shape index (κ2) is 8.80. The molecule has 6 nitrogen and oxygen atoms in total. The molecule has 0 amide bonds. The number of ketones is 1. The summed E-state index contributed by atoms with van der Waals surface area (Å²) in [6.07, 6.45) is 11.9. The lowest BCUT2D eigenvalue weighted by molar-refractivity contribution is 0.0509. The van der Waals surface area contributed by atoms with Gasteiger partial charge in [-0.15, -0.1) is 11.3 Å². The topological polar surface area (TPSA) is 77.0 Å². The van der Waals surface area contributed by atoms with Gasteiger partial charge < -0.3 is 10.1 Å². The zero-order chi connectivity index (χ0) is 20.2. The largest absolute Gasteiger partial charge is 0.381 e. The number of allylic oxidation sites excluding steroid dienone is 1. The van der Waals surface area contributed by atoms with Gasteiger partial charge in [-0.3, -0.25) is 9.78 Å². The van der Waals surface area contributed by atoms with Gasteiger partial charge in [-0.05, 0) is 55.4 Å². The van der Waals surface area contributed by atoms with Gasteiger partial charge in [-0.1, -0.05) is 13.0 Å². The number of anilines is 2. The molecule has 0 aliphatic heterocycles. The molecule has 0 saturated heterocycles. The highest BCUT2D eigenvalue weighted by molar-refractivity contribution is 7.20. The summed E-state index contributed by atoms with van der Waals surface area (Å²) in [7, 11) is 1.78. The number of methoxy groups -OCH3 is 1. The zero-order valence-electron chi connectivity index (χ0n) is 16.4. The minimum atomic E-state index is -0.0607. The van der Waals surface area contributed by atoms with Crippen LogP contribution in [0.3, 0.4) is 0 Å². The average molecular weight is 409 g/mol. The molecule has 1 N–H and O–H groups in total. The number of nitrogens with zero attached hydrogens (tertiary/aromatic N) is 3. The molecule has 3 aromatic rings. The quantitative estimate of drug-likeness (QED) is 0.440. The molecule has 3 aromatic heterocycles. The standard InChI is InChI=1S/C22H24N4O2S/c1-3-18(27)20-17(11-14-6-4-8-16(10-14)28-2)19-21(24-13-25-22(19)29-20)26-15-7-5-9-23-12-15/h3,5,7,9,12-14,16H,1,4,6,8,10-11H2,2H3,(H,24,25,26). The van der Waals surface area contributed by atoms with Crippen molar-refractivity contribution in [3.8, 4) is 0 Å². The van der Waals surface area contributed by atoms with E-state index < -0.39 is 0 Å². The highest BCUT2D eigenvalue weighted by Crippen LogP contribution is 2.39. The molecule has 1 saturated carbocycles. The predicted octanol–water partition coefficient (Wildman–Crippen LogP) is 4.95. The number of hydrogen-bond acceptors (Lipinski definition) is 7. The Morgan fingerprint density at radius 3 is 3.07 bits per heavy atom. The number of carbonyl (C=O) groups excluding carboxylic acids is 1. The SMILES string of the molecule is C=CC(=O)c1sc2ncnc(Nc3cccnc3)c2c1CC1CCCC(OC)C1. The Balaban J connectivity index is 1.77. The summed E-state index contributed by atoms with van der Waals surface area (Å²) in [5, 5.41) is 4.27. The lowest BCUT2D eigenvalue weighted by Crippen LogP contribution is -2.23. The third kappa shape index (κ3) is 4.21. The van der Waals surface area contributed by atoms with Crippen LogP contribution in [0.1, 0.15) is 40.9 Å². The average Bonchev–Trinajstić information content (AvgIpc) is 3.13. The molecular weight excluding hydrogens is 384 g/mol. The van der Waals surface area contributed by atoms with Gasteiger partial charge in [-0.2, -0.15) is 0 Å². The Morgan fingerprint density at radius 1 is 1.41 bits per heavy atom. The van der Waals surface area contributed by atoms with E-state index in [0.29, 0.717) is 22.7 Å². The maximum absolute atomic E-state index is 12.6. The molecule has 3 heterocycles. The van der Waals surface area contributed by atoms with Crippen LogP contribution in [0.25, 0.3) is 10.2 Å². The summed E-state index contributed by atoms with van der Waals surface area (Å²) in [6.45, 7) is 3.69. The van der Waals surface area contributed by atoms with Crippen molar-refractivity contribution >= 4 is 38.8 Å². The number of pyridine rings is 1. The Kier molecular flexibility index (Phi) is 5.97. The first-order valence-corrected chi connectivity index (χ1v) is 10.6. The number of thiophene rings is 1. The number of fused-ring (bicyclic) bond motifs is 1. The Labute approximate surface area is 174 Å². The number of ether oxygens (including phenoxy) is 1. The molecule has 0 aromatic carbocycles. The number of aromatic nitrogens is 3. The van der Waals surface area contributed by atoms with E-state index >= 15 is 0 Å². The van der Waals surface area contributed by atoms with E-state index in [1.54, 1.807) is 19.5 Å². The van der Waals surface area contributed by atoms with Crippen LogP contribution in [0.5, 0.6) is 0 Å². The van der Waals surface area contributed by atoms with Gasteiger partial charge in [0, 0.05) is 13.3 Å². The predicted molar refractivity (Wildman–Crippen MR) is 116 cm³/mol. The normalized spacial score (nSPS) is 19.2. The first kappa shape index (κ1) is 19.7. The van der Waals surface area contributed by atoms with Gasteiger partial charge >= 0.3 is 0 Å². The fraction of sp³-hybridized carbons (Fsp3) is 0.364. The molecule has 0 spiro atoms. The van der Waals surface area contributed by atoms with Crippen molar-refractivity contribution in [3.05, 3.63) is 53.9 Å². The molecule has 150 valence electrons. The first-order valence-electron chi connectivity index (χ1n) is 9.82. The number of hydrogen-bond donors (Lipinski definition) is 1. The van der Waals surface area contributed by atoms with E-state index in [4.69, 9.17) is 4.74 Å². The third-order valence-electron chi connectivity index (χ3n) is 5.48. The van der Waals surface area contributed by atoms with Crippen molar-refractivity contribution in [2.24, 2.45) is 5.92 Å². The Bertz CT molecular complexity index is 1020. The summed E-state index contributed by atoms with van der Waals surface area (Å²) in [5.74, 6) is 1.11. The molecule has 2 atom stereocenters. The van der Waals surface area contributed by atoms with Gasteiger partial charge in [-0.25, -0.2) is 9.97 Å². The van der Waals surface area contributed by atoms with Crippen molar-refractivity contribution in [3.63, 3.8) is 0 Å². The zero-order valence-corrected chi connectivity index (χ0v) is 17.2. The summed E-state index contributed by atoms with van der Waals surface area (Å²) < 4.78 is 5.61. The molecule has 4 rings (SSSR count). The molecule has 0 bridgehead atoms. The van der Waals surface area contributed by atoms with E-state index in [2.05, 4.69) is 26.8 Å². The highest BCUT2D eigenvalue weighted by Gasteiger charge is 2.27. The minimum Gasteiger partial charge on any atom is -0.381 e. The van der Waals surface area contributed by atoms with Crippen LogP contribution in [0.2, 0.25) is 0 Å². The molecule has 1 aliphatic carbocycles. The minimum absolute atomic E-state index is 0.0607. The van der Waals surface area contributed by atoms with Gasteiger partial charge in [0.25, 0.3) is 0 Å². The lowest BCUT2D eigenvalue weighted by Gasteiger charge is -2.28. The number of carbonyl (C=O) groups is 1. The van der Waals surface area contributed by atoms with Crippen LogP contribution in [-0.2, 0) is 11.2 Å². The van der Waals surface area contributed by atoms with E-state index in [-0.39, 0.29) is 5.78 Å². The molecule has 2 unspecified atom stereocenters. The third-order valence-corrected chi connectivity index (χ3v) is 6.64. The first-order chi connectivity index (χ1) is 14.2. The van der Waals surface area contributed by atoms with Crippen molar-refractivity contribution in [1.29, 1.82) is 0 Å². The van der Waals surface area contributed by atoms with E-state index in [0.717, 1.165) is 53.6 Å². The Morgan fingerprint density at radius 2 is 2.31 bits per heavy atom. The van der Waals surface area contributed by atoms with Crippen LogP contribution in [0.4, 0.5) is 11.5 Å². The van der Waals surface area contributed by atoms with Gasteiger partial charge in [0.2, 0.25) is 0 Å². The molecule has 1 aliphatic rings. The second-order valence-electron chi connectivity index (χ2n) is 7.34. The molecule has 29 heavy (non-hydrogen) atoms. The highest BCUT2D eigenvalue weighted by atomic mass is 32.1. The van der Waals surface area contributed by atoms with Crippen LogP contribution < -0.4 is 5.32 Å². The molecule has 1 fully saturated rings. The lowest BCUT2D eigenvalue weighted by atomic mass is 9.82. The van der Waals surface area contributed by atoms with E-state index in [1.807, 2.05) is 12.1 Å². The fourth-order valence-electron chi connectivity index (χ4n) is 4.08. The van der Waals surface area contributed by atoms with Crippen molar-refractivity contribution in [2.45, 2.75) is 38.2 Å². The van der Waals surface area contributed by atoms with Crippen LogP contribution in [0.15, 0.2) is 43.5 Å². The van der Waals surface area contributed by atoms with Crippen molar-refractivity contribution < 1.29 is 9.53 Å². The summed E-state index contributed by atoms with van der Waals surface area (Å²) >= 11 is 1.42. The van der Waals surface area contributed by atoms with Crippen LogP contribution >= 0.6 is 11.3 Å². The summed E-state index contributed by atoms with van der Waals surface area (Å²) in [5.41, 5.74) is 1.86. The fourth-order valence-corrected chi connectivity index (χ4v) is 5.18. The summed E-state index contributed by atoms with van der Waals surface area (Å²) in [4.78, 5) is 27.2. The number of nitrogens with one attached hydrogen (secondary N) is 1. The van der Waals surface area contributed by atoms with Crippen LogP contribution in [-0.4, -0.2) is 33.9 Å². The van der Waals surface area contributed by atoms with Gasteiger partial charge in [0.15, 0.2) is 5.78 Å². The maximum atomic E-state index is 12.6. The molecular formula is C22H24N4O2S. The van der Waals surface area contributed by atoms with Crippen molar-refractivity contribution in [2.75, 3.05) is 12.4 Å². The second-order valence-corrected chi connectivity index (χ2v) is 8.34. The summed E-state index contributed by atoms with van der Waals surface area (Å²) in [6, 6.07) is 3.81.